The fraction of sp³-hybridized carbons (Fsp3) is 0.941. The molecule has 348 valence electrons. The number of nitrogens with one attached hydrogen (secondary N) is 2. The predicted molar refractivity (Wildman–Crippen MR) is 187 cm³/mol. The summed E-state index contributed by atoms with van der Waals surface area (Å²) in [4.78, 5) is 24.7. The minimum absolute atomic E-state index is 0.202. The molecule has 5 saturated heterocycles. The van der Waals surface area contributed by atoms with E-state index in [9.17, 15) is 76.0 Å². The average Bonchev–Trinajstić information content (AvgIpc) is 3.19. The Morgan fingerprint density at radius 3 is 1.60 bits per heavy atom. The number of carbonyl (C=O) groups excluding carboxylic acids is 2. The fourth-order valence-electron chi connectivity index (χ4n) is 7.59. The molecule has 0 aromatic rings. The SMILES string of the molecule is CC(=O)N[C@@H]1[C@@H](O[C@@H]2O[C@H](CO)[C@H](O)[C@H](O)[C@H]2O[C@H]2O[C@H](C)[C@H](O)C[C@H]2O)[C@H](O)[C@@H](CO[C@@H]2O[C@H](CO)[C@H](O)[C@H](O[C@H]3O[C@H](CO)[C@H](O)[C@H](O)[C@H]3O)[C@H]2NC(C)=O)O[C@H]1O. The lowest BCUT2D eigenvalue weighted by Gasteiger charge is -2.49. The third-order valence-electron chi connectivity index (χ3n) is 10.9. The first kappa shape index (κ1) is 49.1. The minimum atomic E-state index is -1.98. The van der Waals surface area contributed by atoms with Crippen molar-refractivity contribution in [2.24, 2.45) is 0 Å². The van der Waals surface area contributed by atoms with Crippen LogP contribution in [0.5, 0.6) is 0 Å². The highest BCUT2D eigenvalue weighted by molar-refractivity contribution is 5.73. The maximum Gasteiger partial charge on any atom is 0.217 e. The van der Waals surface area contributed by atoms with Crippen LogP contribution in [0.4, 0.5) is 0 Å². The fourth-order valence-corrected chi connectivity index (χ4v) is 7.59. The van der Waals surface area contributed by atoms with E-state index in [-0.39, 0.29) is 6.42 Å². The van der Waals surface area contributed by atoms with E-state index in [1.807, 2.05) is 0 Å². The number of hydrogen-bond acceptors (Lipinski definition) is 24. The standard InChI is InChI=1S/C34H58N2O24/c1-9-12(42)4-13(43)31(53-9)60-29-25(49)21(45)15(6-38)57-34(29)59-27-18(35-10(2)40)30(51)54-17(23(27)47)8-52-32-19(36-11(3)41)28(22(46)16(7-39)55-32)58-33-26(50)24(48)20(44)14(5-37)56-33/h9,12-34,37-39,42-51H,4-8H2,1-3H3,(H,35,40)(H,36,41)/t9-,12-,13-,14-,15-,16-,17-,18-,19-,20+,21+,22+,23-,24+,25+,26-,27-,28-,29-,30-,31-,32-,33-,34+/m1/s1. The number of carbonyl (C=O) groups is 2. The van der Waals surface area contributed by atoms with Crippen molar-refractivity contribution in [1.82, 2.24) is 10.6 Å². The van der Waals surface area contributed by atoms with Crippen molar-refractivity contribution in [3.05, 3.63) is 0 Å². The molecule has 5 rings (SSSR count). The van der Waals surface area contributed by atoms with Gasteiger partial charge in [-0.15, -0.1) is 0 Å². The summed E-state index contributed by atoms with van der Waals surface area (Å²) in [5.74, 6) is -1.47. The van der Waals surface area contributed by atoms with Crippen molar-refractivity contribution in [3.8, 4) is 0 Å². The van der Waals surface area contributed by atoms with E-state index in [2.05, 4.69) is 10.6 Å². The Bertz CT molecular complexity index is 1390. The van der Waals surface area contributed by atoms with Gasteiger partial charge in [0, 0.05) is 20.3 Å². The lowest BCUT2D eigenvalue weighted by atomic mass is 9.94. The molecule has 0 aliphatic carbocycles. The topological polar surface area (TPSA) is 404 Å². The van der Waals surface area contributed by atoms with E-state index >= 15 is 0 Å². The van der Waals surface area contributed by atoms with Gasteiger partial charge < -0.3 is 120 Å². The molecule has 0 aromatic carbocycles. The van der Waals surface area contributed by atoms with Crippen LogP contribution in [-0.2, 0) is 52.2 Å². The van der Waals surface area contributed by atoms with Crippen LogP contribution >= 0.6 is 0 Å². The van der Waals surface area contributed by atoms with Gasteiger partial charge in [0.1, 0.15) is 104 Å². The molecule has 0 saturated carbocycles. The van der Waals surface area contributed by atoms with Gasteiger partial charge in [-0.25, -0.2) is 0 Å². The molecular weight excluding hydrogens is 820 g/mol. The largest absolute Gasteiger partial charge is 0.394 e. The average molecular weight is 879 g/mol. The molecule has 5 heterocycles. The summed E-state index contributed by atoms with van der Waals surface area (Å²) in [5, 5.41) is 142. The van der Waals surface area contributed by atoms with Crippen molar-refractivity contribution < 1.29 is 119 Å². The molecule has 0 unspecified atom stereocenters. The summed E-state index contributed by atoms with van der Waals surface area (Å²) in [6.07, 6.45) is -36.7. The summed E-state index contributed by atoms with van der Waals surface area (Å²) in [5.41, 5.74) is 0. The first-order valence-electron chi connectivity index (χ1n) is 19.3. The Labute approximate surface area is 342 Å². The highest BCUT2D eigenvalue weighted by Gasteiger charge is 2.55. The summed E-state index contributed by atoms with van der Waals surface area (Å²) >= 11 is 0. The number of hydrogen-bond donors (Lipinski definition) is 15. The number of amides is 2. The Kier molecular flexibility index (Phi) is 17.3. The molecule has 26 heteroatoms. The van der Waals surface area contributed by atoms with Gasteiger partial charge in [-0.2, -0.15) is 0 Å². The van der Waals surface area contributed by atoms with Gasteiger partial charge in [-0.05, 0) is 6.92 Å². The van der Waals surface area contributed by atoms with Gasteiger partial charge in [0.25, 0.3) is 0 Å². The molecule has 5 aliphatic heterocycles. The second-order valence-electron chi connectivity index (χ2n) is 15.3. The smallest absolute Gasteiger partial charge is 0.217 e. The minimum Gasteiger partial charge on any atom is -0.394 e. The van der Waals surface area contributed by atoms with Crippen LogP contribution in [0.2, 0.25) is 0 Å². The molecule has 5 fully saturated rings. The van der Waals surface area contributed by atoms with Crippen LogP contribution in [0.1, 0.15) is 27.2 Å². The molecule has 0 spiro atoms. The van der Waals surface area contributed by atoms with Gasteiger partial charge in [-0.3, -0.25) is 9.59 Å². The van der Waals surface area contributed by atoms with Gasteiger partial charge in [0.05, 0.1) is 38.6 Å². The van der Waals surface area contributed by atoms with Crippen LogP contribution in [-0.4, -0.2) is 252 Å². The predicted octanol–water partition coefficient (Wildman–Crippen LogP) is -9.58. The van der Waals surface area contributed by atoms with E-state index < -0.39 is 186 Å². The quantitative estimate of drug-likeness (QED) is 0.0770. The third kappa shape index (κ3) is 10.9. The molecule has 2 amide bonds. The number of ether oxygens (including phenoxy) is 9. The summed E-state index contributed by atoms with van der Waals surface area (Å²) in [6, 6.07) is -3.12. The molecule has 0 bridgehead atoms. The Morgan fingerprint density at radius 1 is 0.517 bits per heavy atom. The molecule has 26 nitrogen and oxygen atoms in total. The van der Waals surface area contributed by atoms with E-state index in [0.717, 1.165) is 13.8 Å². The van der Waals surface area contributed by atoms with E-state index in [0.29, 0.717) is 0 Å². The first-order chi connectivity index (χ1) is 28.3. The zero-order valence-corrected chi connectivity index (χ0v) is 32.7. The normalized spacial score (nSPS) is 48.9. The van der Waals surface area contributed by atoms with Crippen molar-refractivity contribution in [3.63, 3.8) is 0 Å². The molecule has 15 N–H and O–H groups in total. The molecule has 5 aliphatic rings. The second kappa shape index (κ2) is 21.2. The molecule has 24 atom stereocenters. The number of aliphatic hydroxyl groups excluding tert-OH is 13. The van der Waals surface area contributed by atoms with E-state index in [1.165, 1.54) is 6.92 Å². The third-order valence-corrected chi connectivity index (χ3v) is 10.9. The monoisotopic (exact) mass is 878 g/mol. The highest BCUT2D eigenvalue weighted by Crippen LogP contribution is 2.34. The summed E-state index contributed by atoms with van der Waals surface area (Å²) < 4.78 is 51.5. The number of aliphatic hydroxyl groups is 13. The molecule has 0 aromatic heterocycles. The van der Waals surface area contributed by atoms with Crippen LogP contribution in [0, 0.1) is 0 Å². The first-order valence-corrected chi connectivity index (χ1v) is 19.3. The molecule has 0 radical (unpaired) electrons. The van der Waals surface area contributed by atoms with Crippen molar-refractivity contribution in [2.75, 3.05) is 26.4 Å². The zero-order chi connectivity index (χ0) is 44.3. The maximum absolute atomic E-state index is 12.4. The van der Waals surface area contributed by atoms with Crippen LogP contribution in [0.3, 0.4) is 0 Å². The Morgan fingerprint density at radius 2 is 1.00 bits per heavy atom. The van der Waals surface area contributed by atoms with Crippen LogP contribution in [0.25, 0.3) is 0 Å². The van der Waals surface area contributed by atoms with Gasteiger partial charge >= 0.3 is 0 Å². The second-order valence-corrected chi connectivity index (χ2v) is 15.3. The Hall–Kier alpha value is -1.94. The van der Waals surface area contributed by atoms with Gasteiger partial charge in [-0.1, -0.05) is 0 Å². The van der Waals surface area contributed by atoms with Gasteiger partial charge in [0.15, 0.2) is 31.5 Å². The van der Waals surface area contributed by atoms with E-state index in [4.69, 9.17) is 42.6 Å². The van der Waals surface area contributed by atoms with Crippen molar-refractivity contribution in [2.45, 2.75) is 174 Å². The maximum atomic E-state index is 12.4. The summed E-state index contributed by atoms with van der Waals surface area (Å²) in [7, 11) is 0. The van der Waals surface area contributed by atoms with Crippen molar-refractivity contribution >= 4 is 11.8 Å². The van der Waals surface area contributed by atoms with Crippen LogP contribution in [0.15, 0.2) is 0 Å². The van der Waals surface area contributed by atoms with E-state index in [1.54, 1.807) is 0 Å². The lowest BCUT2D eigenvalue weighted by molar-refractivity contribution is -0.376. The Balaban J connectivity index is 1.38. The summed E-state index contributed by atoms with van der Waals surface area (Å²) in [6.45, 7) is 0.321. The lowest BCUT2D eigenvalue weighted by Crippen LogP contribution is -2.69. The molecular formula is C34H58N2O24. The van der Waals surface area contributed by atoms with Crippen molar-refractivity contribution in [1.29, 1.82) is 0 Å². The van der Waals surface area contributed by atoms with Crippen LogP contribution < -0.4 is 10.6 Å². The molecule has 60 heavy (non-hydrogen) atoms. The van der Waals surface area contributed by atoms with Gasteiger partial charge in [0.2, 0.25) is 11.8 Å². The highest BCUT2D eigenvalue weighted by atomic mass is 16.8. The number of rotatable bonds is 14. The zero-order valence-electron chi connectivity index (χ0n) is 32.7.